The molecule has 5 rings (SSSR count). The van der Waals surface area contributed by atoms with Gasteiger partial charge in [-0.1, -0.05) is 13.0 Å². The van der Waals surface area contributed by atoms with Crippen LogP contribution in [-0.4, -0.2) is 56.1 Å². The molecule has 7 nitrogen and oxygen atoms in total. The number of aromatic nitrogens is 4. The third-order valence-electron chi connectivity index (χ3n) is 5.84. The zero-order chi connectivity index (χ0) is 21.2. The molecule has 0 bridgehead atoms. The van der Waals surface area contributed by atoms with Crippen LogP contribution in [0.15, 0.2) is 54.3 Å². The number of likely N-dealkylation sites (tertiary alicyclic amines) is 1. The fraction of sp³-hybridized carbons (Fsp3) is 0.304. The van der Waals surface area contributed by atoms with Gasteiger partial charge in [-0.2, -0.15) is 5.10 Å². The number of likely N-dealkylation sites (N-methyl/N-ethyl adjacent to an activating group) is 1. The van der Waals surface area contributed by atoms with E-state index < -0.39 is 0 Å². The molecular formula is C23H24N6OS. The van der Waals surface area contributed by atoms with Crippen LogP contribution in [0.3, 0.4) is 0 Å². The Morgan fingerprint density at radius 2 is 2.23 bits per heavy atom. The van der Waals surface area contributed by atoms with Crippen molar-refractivity contribution in [2.75, 3.05) is 19.6 Å². The minimum atomic E-state index is -0.0738. The number of rotatable bonds is 6. The summed E-state index contributed by atoms with van der Waals surface area (Å²) in [5.74, 6) is -0.0738. The number of carbonyl (C=O) groups excluding carboxylic acids is 1. The lowest BCUT2D eigenvalue weighted by Gasteiger charge is -2.22. The number of nitrogens with one attached hydrogen (secondary N) is 1. The number of thiophene rings is 1. The first-order chi connectivity index (χ1) is 15.2. The van der Waals surface area contributed by atoms with Gasteiger partial charge in [-0.15, -0.1) is 11.3 Å². The molecule has 0 saturated carbocycles. The summed E-state index contributed by atoms with van der Waals surface area (Å²) in [4.78, 5) is 25.6. The van der Waals surface area contributed by atoms with Gasteiger partial charge in [-0.3, -0.25) is 14.7 Å². The van der Waals surface area contributed by atoms with Crippen LogP contribution in [0.1, 0.15) is 30.1 Å². The minimum Gasteiger partial charge on any atom is -0.350 e. The molecule has 31 heavy (non-hydrogen) atoms. The third kappa shape index (κ3) is 3.96. The van der Waals surface area contributed by atoms with Gasteiger partial charge in [0.05, 0.1) is 28.0 Å². The van der Waals surface area contributed by atoms with Gasteiger partial charge in [-0.05, 0) is 55.6 Å². The highest BCUT2D eigenvalue weighted by Gasteiger charge is 2.23. The molecule has 0 aromatic carbocycles. The number of hydrogen-bond acceptors (Lipinski definition) is 6. The summed E-state index contributed by atoms with van der Waals surface area (Å²) < 4.78 is 1.74. The lowest BCUT2D eigenvalue weighted by Crippen LogP contribution is -2.40. The molecule has 8 heteroatoms. The van der Waals surface area contributed by atoms with Crippen molar-refractivity contribution >= 4 is 22.9 Å². The summed E-state index contributed by atoms with van der Waals surface area (Å²) in [6, 6.07) is 10.0. The molecule has 0 radical (unpaired) electrons. The number of hydrogen-bond donors (Lipinski definition) is 1. The molecular weight excluding hydrogens is 408 g/mol. The number of nitrogens with zero attached hydrogens (tertiary/aromatic N) is 5. The number of fused-ring (bicyclic) bond motifs is 1. The predicted molar refractivity (Wildman–Crippen MR) is 122 cm³/mol. The van der Waals surface area contributed by atoms with E-state index in [2.05, 4.69) is 27.2 Å². The Kier molecular flexibility index (Phi) is 5.48. The summed E-state index contributed by atoms with van der Waals surface area (Å²) in [5.41, 5.74) is 3.71. The van der Waals surface area contributed by atoms with E-state index in [0.29, 0.717) is 23.8 Å². The monoisotopic (exact) mass is 432 g/mol. The highest BCUT2D eigenvalue weighted by molar-refractivity contribution is 7.13. The van der Waals surface area contributed by atoms with Crippen molar-refractivity contribution in [2.45, 2.75) is 25.8 Å². The molecule has 1 atom stereocenters. The van der Waals surface area contributed by atoms with Crippen LogP contribution >= 0.6 is 11.3 Å². The van der Waals surface area contributed by atoms with Crippen LogP contribution in [0.25, 0.3) is 27.5 Å². The SMILES string of the molecule is CCN1CCCC1CNC(=O)c1ccnc(-c2cnn3ccc(-c4cccs4)nc23)c1. The zero-order valence-corrected chi connectivity index (χ0v) is 18.2. The predicted octanol–water partition coefficient (Wildman–Crippen LogP) is 3.73. The first kappa shape index (κ1) is 19.8. The quantitative estimate of drug-likeness (QED) is 0.502. The maximum Gasteiger partial charge on any atom is 0.251 e. The Morgan fingerprint density at radius 3 is 3.06 bits per heavy atom. The largest absolute Gasteiger partial charge is 0.350 e. The minimum absolute atomic E-state index is 0.0738. The molecule has 1 aliphatic heterocycles. The van der Waals surface area contributed by atoms with E-state index in [-0.39, 0.29) is 5.91 Å². The Bertz CT molecular complexity index is 1200. The van der Waals surface area contributed by atoms with Gasteiger partial charge >= 0.3 is 0 Å². The van der Waals surface area contributed by atoms with Gasteiger partial charge in [0, 0.05) is 30.5 Å². The molecule has 1 amide bonds. The van der Waals surface area contributed by atoms with Gasteiger partial charge in [0.2, 0.25) is 0 Å². The van der Waals surface area contributed by atoms with E-state index >= 15 is 0 Å². The van der Waals surface area contributed by atoms with E-state index in [9.17, 15) is 4.79 Å². The van der Waals surface area contributed by atoms with Crippen molar-refractivity contribution in [3.05, 3.63) is 59.9 Å². The van der Waals surface area contributed by atoms with Crippen molar-refractivity contribution in [1.29, 1.82) is 0 Å². The molecule has 1 saturated heterocycles. The van der Waals surface area contributed by atoms with Gasteiger partial charge in [0.15, 0.2) is 5.65 Å². The van der Waals surface area contributed by atoms with Crippen LogP contribution in [0.5, 0.6) is 0 Å². The molecule has 0 spiro atoms. The van der Waals surface area contributed by atoms with Crippen molar-refractivity contribution in [3.8, 4) is 21.8 Å². The lowest BCUT2D eigenvalue weighted by molar-refractivity contribution is 0.0941. The molecule has 5 heterocycles. The van der Waals surface area contributed by atoms with E-state index in [1.807, 2.05) is 35.8 Å². The Morgan fingerprint density at radius 1 is 1.29 bits per heavy atom. The van der Waals surface area contributed by atoms with Gasteiger partial charge in [0.25, 0.3) is 5.91 Å². The fourth-order valence-electron chi connectivity index (χ4n) is 4.19. The summed E-state index contributed by atoms with van der Waals surface area (Å²) in [7, 11) is 0. The number of pyridine rings is 1. The molecule has 1 N–H and O–H groups in total. The topological polar surface area (TPSA) is 75.4 Å². The molecule has 1 unspecified atom stereocenters. The van der Waals surface area contributed by atoms with E-state index in [0.717, 1.165) is 41.3 Å². The highest BCUT2D eigenvalue weighted by Crippen LogP contribution is 2.27. The second kappa shape index (κ2) is 8.56. The maximum atomic E-state index is 12.8. The van der Waals surface area contributed by atoms with Gasteiger partial charge in [0.1, 0.15) is 0 Å². The molecule has 0 aliphatic carbocycles. The summed E-state index contributed by atoms with van der Waals surface area (Å²) >= 11 is 1.65. The molecule has 1 aliphatic rings. The summed E-state index contributed by atoms with van der Waals surface area (Å²) in [6.45, 7) is 4.98. The summed E-state index contributed by atoms with van der Waals surface area (Å²) in [6.07, 6.45) is 7.66. The van der Waals surface area contributed by atoms with Crippen LogP contribution in [0.2, 0.25) is 0 Å². The van der Waals surface area contributed by atoms with Crippen LogP contribution in [-0.2, 0) is 0 Å². The molecule has 4 aromatic heterocycles. The van der Waals surface area contributed by atoms with Crippen molar-refractivity contribution < 1.29 is 4.79 Å². The van der Waals surface area contributed by atoms with Crippen LogP contribution in [0.4, 0.5) is 0 Å². The third-order valence-corrected chi connectivity index (χ3v) is 6.74. The summed E-state index contributed by atoms with van der Waals surface area (Å²) in [5, 5.41) is 9.54. The van der Waals surface area contributed by atoms with Crippen LogP contribution in [0, 0.1) is 0 Å². The second-order valence-electron chi connectivity index (χ2n) is 7.68. The standard InChI is InChI=1S/C23H24N6OS/c1-2-28-10-3-5-17(28)14-25-23(30)16-7-9-24-20(13-16)18-15-26-29-11-8-19(27-22(18)29)21-6-4-12-31-21/h4,6-9,11-13,15,17H,2-3,5,10,14H2,1H3,(H,25,30). The first-order valence-electron chi connectivity index (χ1n) is 10.6. The smallest absolute Gasteiger partial charge is 0.251 e. The normalized spacial score (nSPS) is 16.7. The lowest BCUT2D eigenvalue weighted by atomic mass is 10.1. The highest BCUT2D eigenvalue weighted by atomic mass is 32.1. The Balaban J connectivity index is 1.39. The maximum absolute atomic E-state index is 12.8. The fourth-order valence-corrected chi connectivity index (χ4v) is 4.88. The van der Waals surface area contributed by atoms with Crippen molar-refractivity contribution in [3.63, 3.8) is 0 Å². The van der Waals surface area contributed by atoms with Gasteiger partial charge < -0.3 is 5.32 Å². The number of carbonyl (C=O) groups is 1. The molecule has 4 aromatic rings. The average molecular weight is 433 g/mol. The van der Waals surface area contributed by atoms with E-state index in [4.69, 9.17) is 4.98 Å². The second-order valence-corrected chi connectivity index (χ2v) is 8.63. The number of amides is 1. The van der Waals surface area contributed by atoms with Gasteiger partial charge in [-0.25, -0.2) is 9.50 Å². The van der Waals surface area contributed by atoms with E-state index in [1.165, 1.54) is 6.42 Å². The molecule has 1 fully saturated rings. The van der Waals surface area contributed by atoms with Crippen molar-refractivity contribution in [2.24, 2.45) is 0 Å². The Labute approximate surface area is 184 Å². The van der Waals surface area contributed by atoms with Crippen molar-refractivity contribution in [1.82, 2.24) is 29.8 Å². The zero-order valence-electron chi connectivity index (χ0n) is 17.4. The average Bonchev–Trinajstić information content (AvgIpc) is 3.57. The first-order valence-corrected chi connectivity index (χ1v) is 11.5. The van der Waals surface area contributed by atoms with Crippen LogP contribution < -0.4 is 5.32 Å². The Hall–Kier alpha value is -3.10. The van der Waals surface area contributed by atoms with E-state index in [1.54, 1.807) is 34.3 Å². The molecule has 158 valence electrons.